The van der Waals surface area contributed by atoms with Crippen LogP contribution in [0.4, 0.5) is 0 Å². The second kappa shape index (κ2) is 5.23. The largest absolute Gasteiger partial charge is 0.463 e. The summed E-state index contributed by atoms with van der Waals surface area (Å²) in [5.74, 6) is 3.63. The van der Waals surface area contributed by atoms with E-state index in [1.165, 1.54) is 25.1 Å². The summed E-state index contributed by atoms with van der Waals surface area (Å²) in [5.41, 5.74) is 6.81. The molecule has 0 saturated carbocycles. The van der Waals surface area contributed by atoms with Crippen molar-refractivity contribution in [2.45, 2.75) is 40.3 Å². The van der Waals surface area contributed by atoms with Gasteiger partial charge in [0.05, 0.1) is 13.1 Å². The van der Waals surface area contributed by atoms with Gasteiger partial charge in [-0.3, -0.25) is 4.90 Å². The Balaban J connectivity index is 1.96. The third-order valence-corrected chi connectivity index (χ3v) is 4.05. The number of aryl methyl sites for hydroxylation is 1. The number of rotatable bonds is 3. The van der Waals surface area contributed by atoms with Gasteiger partial charge >= 0.3 is 0 Å². The Hall–Kier alpha value is -0.800. The fourth-order valence-corrected chi connectivity index (χ4v) is 2.58. The van der Waals surface area contributed by atoms with Gasteiger partial charge in [0.1, 0.15) is 11.5 Å². The standard InChI is InChI=1S/C14H24N2O/c1-10-4-5-16(8-12(10)3)9-13-6-11(2)14(7-15)17-13/h6,10,12H,4-5,7-9,15H2,1-3H3. The molecule has 96 valence electrons. The van der Waals surface area contributed by atoms with Crippen LogP contribution in [0.25, 0.3) is 0 Å². The first-order valence-corrected chi connectivity index (χ1v) is 6.60. The van der Waals surface area contributed by atoms with Crippen molar-refractivity contribution in [3.63, 3.8) is 0 Å². The molecule has 0 amide bonds. The van der Waals surface area contributed by atoms with Gasteiger partial charge in [-0.05, 0) is 43.4 Å². The first kappa shape index (κ1) is 12.7. The van der Waals surface area contributed by atoms with Crippen LogP contribution in [0.3, 0.4) is 0 Å². The molecule has 2 atom stereocenters. The number of hydrogen-bond acceptors (Lipinski definition) is 3. The molecule has 3 nitrogen and oxygen atoms in total. The van der Waals surface area contributed by atoms with E-state index in [1.807, 2.05) is 0 Å². The molecule has 1 aliphatic rings. The van der Waals surface area contributed by atoms with Crippen molar-refractivity contribution in [2.24, 2.45) is 17.6 Å². The first-order chi connectivity index (χ1) is 8.10. The normalized spacial score (nSPS) is 26.4. The average molecular weight is 236 g/mol. The Morgan fingerprint density at radius 2 is 2.18 bits per heavy atom. The average Bonchev–Trinajstić information content (AvgIpc) is 2.64. The predicted octanol–water partition coefficient (Wildman–Crippen LogP) is 2.52. The van der Waals surface area contributed by atoms with Crippen molar-refractivity contribution in [3.8, 4) is 0 Å². The van der Waals surface area contributed by atoms with Crippen LogP contribution in [0.1, 0.15) is 37.4 Å². The zero-order chi connectivity index (χ0) is 12.4. The Bertz CT molecular complexity index is 372. The second-order valence-electron chi connectivity index (χ2n) is 5.50. The summed E-state index contributed by atoms with van der Waals surface area (Å²) in [4.78, 5) is 2.49. The molecule has 0 bridgehead atoms. The van der Waals surface area contributed by atoms with Crippen LogP contribution in [0.2, 0.25) is 0 Å². The van der Waals surface area contributed by atoms with Crippen LogP contribution in [0.5, 0.6) is 0 Å². The van der Waals surface area contributed by atoms with E-state index in [-0.39, 0.29) is 0 Å². The fraction of sp³-hybridized carbons (Fsp3) is 0.714. The maximum Gasteiger partial charge on any atom is 0.120 e. The molecule has 1 saturated heterocycles. The Labute approximate surface area is 104 Å². The monoisotopic (exact) mass is 236 g/mol. The number of furan rings is 1. The maximum atomic E-state index is 5.76. The van der Waals surface area contributed by atoms with Crippen molar-refractivity contribution in [1.29, 1.82) is 0 Å². The van der Waals surface area contributed by atoms with Crippen LogP contribution >= 0.6 is 0 Å². The van der Waals surface area contributed by atoms with Crippen molar-refractivity contribution >= 4 is 0 Å². The van der Waals surface area contributed by atoms with Gasteiger partial charge in [-0.1, -0.05) is 13.8 Å². The lowest BCUT2D eigenvalue weighted by molar-refractivity contribution is 0.124. The molecule has 1 aromatic heterocycles. The molecule has 0 radical (unpaired) electrons. The molecule has 17 heavy (non-hydrogen) atoms. The highest BCUT2D eigenvalue weighted by Crippen LogP contribution is 2.24. The van der Waals surface area contributed by atoms with E-state index in [9.17, 15) is 0 Å². The number of likely N-dealkylation sites (tertiary alicyclic amines) is 1. The van der Waals surface area contributed by atoms with E-state index < -0.39 is 0 Å². The zero-order valence-corrected chi connectivity index (χ0v) is 11.2. The molecule has 2 heterocycles. The van der Waals surface area contributed by atoms with Crippen molar-refractivity contribution in [1.82, 2.24) is 4.90 Å². The SMILES string of the molecule is Cc1cc(CN2CCC(C)C(C)C2)oc1CN. The molecule has 0 aromatic carbocycles. The summed E-state index contributed by atoms with van der Waals surface area (Å²) < 4.78 is 5.76. The number of nitrogens with two attached hydrogens (primary N) is 1. The molecular weight excluding hydrogens is 212 g/mol. The lowest BCUT2D eigenvalue weighted by Crippen LogP contribution is -2.37. The number of piperidine rings is 1. The molecule has 2 rings (SSSR count). The van der Waals surface area contributed by atoms with Crippen LogP contribution in [0.15, 0.2) is 10.5 Å². The van der Waals surface area contributed by atoms with Gasteiger partial charge < -0.3 is 10.2 Å². The van der Waals surface area contributed by atoms with Crippen LogP contribution in [0, 0.1) is 18.8 Å². The molecule has 1 fully saturated rings. The predicted molar refractivity (Wildman–Crippen MR) is 69.6 cm³/mol. The van der Waals surface area contributed by atoms with Crippen molar-refractivity contribution in [3.05, 3.63) is 23.2 Å². The molecule has 3 heteroatoms. The summed E-state index contributed by atoms with van der Waals surface area (Å²) >= 11 is 0. The lowest BCUT2D eigenvalue weighted by Gasteiger charge is -2.34. The topological polar surface area (TPSA) is 42.4 Å². The van der Waals surface area contributed by atoms with Gasteiger partial charge in [0.25, 0.3) is 0 Å². The molecule has 2 N–H and O–H groups in total. The number of nitrogens with zero attached hydrogens (tertiary/aromatic N) is 1. The first-order valence-electron chi connectivity index (χ1n) is 6.60. The fourth-order valence-electron chi connectivity index (χ4n) is 2.58. The highest BCUT2D eigenvalue weighted by atomic mass is 16.3. The second-order valence-corrected chi connectivity index (χ2v) is 5.50. The van der Waals surface area contributed by atoms with E-state index in [1.54, 1.807) is 0 Å². The molecule has 1 aromatic rings. The van der Waals surface area contributed by atoms with E-state index >= 15 is 0 Å². The minimum absolute atomic E-state index is 0.499. The van der Waals surface area contributed by atoms with Gasteiger partial charge in [-0.15, -0.1) is 0 Å². The van der Waals surface area contributed by atoms with Crippen LogP contribution in [-0.2, 0) is 13.1 Å². The van der Waals surface area contributed by atoms with Gasteiger partial charge in [0, 0.05) is 6.54 Å². The van der Waals surface area contributed by atoms with E-state index in [0.29, 0.717) is 6.54 Å². The Morgan fingerprint density at radius 3 is 2.76 bits per heavy atom. The molecule has 0 aliphatic carbocycles. The Morgan fingerprint density at radius 1 is 1.41 bits per heavy atom. The smallest absolute Gasteiger partial charge is 0.120 e. The van der Waals surface area contributed by atoms with Crippen molar-refractivity contribution < 1.29 is 4.42 Å². The third kappa shape index (κ3) is 2.90. The van der Waals surface area contributed by atoms with E-state index in [2.05, 4.69) is 31.7 Å². The third-order valence-electron chi connectivity index (χ3n) is 4.05. The van der Waals surface area contributed by atoms with Gasteiger partial charge in [0.2, 0.25) is 0 Å². The minimum Gasteiger partial charge on any atom is -0.463 e. The molecular formula is C14H24N2O. The summed E-state index contributed by atoms with van der Waals surface area (Å²) in [6.07, 6.45) is 1.30. The zero-order valence-electron chi connectivity index (χ0n) is 11.2. The van der Waals surface area contributed by atoms with E-state index in [0.717, 1.165) is 29.9 Å². The minimum atomic E-state index is 0.499. The quantitative estimate of drug-likeness (QED) is 0.877. The van der Waals surface area contributed by atoms with Crippen molar-refractivity contribution in [2.75, 3.05) is 13.1 Å². The lowest BCUT2D eigenvalue weighted by atomic mass is 9.89. The molecule has 0 spiro atoms. The summed E-state index contributed by atoms with van der Waals surface area (Å²) in [6.45, 7) is 10.6. The van der Waals surface area contributed by atoms with Crippen LogP contribution < -0.4 is 5.73 Å². The summed E-state index contributed by atoms with van der Waals surface area (Å²) in [7, 11) is 0. The number of hydrogen-bond donors (Lipinski definition) is 1. The Kier molecular flexibility index (Phi) is 3.89. The highest BCUT2D eigenvalue weighted by Gasteiger charge is 2.23. The van der Waals surface area contributed by atoms with Gasteiger partial charge in [-0.2, -0.15) is 0 Å². The molecule has 1 aliphatic heterocycles. The summed E-state index contributed by atoms with van der Waals surface area (Å²) in [5, 5.41) is 0. The van der Waals surface area contributed by atoms with Crippen LogP contribution in [-0.4, -0.2) is 18.0 Å². The summed E-state index contributed by atoms with van der Waals surface area (Å²) in [6, 6.07) is 2.13. The molecule has 2 unspecified atom stereocenters. The highest BCUT2D eigenvalue weighted by molar-refractivity contribution is 5.19. The maximum absolute atomic E-state index is 5.76. The van der Waals surface area contributed by atoms with Gasteiger partial charge in [0.15, 0.2) is 0 Å². The van der Waals surface area contributed by atoms with Gasteiger partial charge in [-0.25, -0.2) is 0 Å². The van der Waals surface area contributed by atoms with E-state index in [4.69, 9.17) is 10.2 Å².